The molecule has 0 atom stereocenters. The third-order valence-corrected chi connectivity index (χ3v) is 17.4. The third-order valence-electron chi connectivity index (χ3n) is 16.2. The van der Waals surface area contributed by atoms with Crippen molar-refractivity contribution in [3.63, 3.8) is 0 Å². The molecule has 0 aliphatic heterocycles. The topological polar surface area (TPSA) is 69.4 Å². The highest BCUT2D eigenvalue weighted by molar-refractivity contribution is 7.26. The Hall–Kier alpha value is -11.0. The predicted octanol–water partition coefficient (Wildman–Crippen LogP) is 20.9. The Morgan fingerprint density at radius 2 is 0.791 bits per heavy atom. The summed E-state index contributed by atoms with van der Waals surface area (Å²) in [5, 5.41) is 6.24. The summed E-state index contributed by atoms with van der Waals surface area (Å²) in [5.74, 6) is 3.00. The molecule has 0 bridgehead atoms. The monoisotopic (exact) mass is 1120 g/mol. The van der Waals surface area contributed by atoms with Gasteiger partial charge in [-0.05, 0) is 114 Å². The fourth-order valence-corrected chi connectivity index (χ4v) is 13.3. The summed E-state index contributed by atoms with van der Waals surface area (Å²) in [4.78, 5) is 24.8. The van der Waals surface area contributed by atoms with Crippen LogP contribution in [0, 0.1) is 0 Å². The van der Waals surface area contributed by atoms with Gasteiger partial charge < -0.3 is 0 Å². The maximum absolute atomic E-state index is 5.09. The standard InChI is InChI=1S/C41H30N2.C38H24N4S/c1-2-39-42-37-18-10-11-19-38(37)43(39)32-26-24-31(25-27-32)41-35-16-8-6-14-33(35)40(34-15-7-9-17-36(34)41)30-22-20-29(21-23-30)28-12-4-3-5-13-28;1-4-12-25(13-5-1)29-21-20-28(30-22-23-39-34-31-18-10-11-19-33(31)43-35(30)34)24-32(29)38-41-36(26-14-6-2-7-15-26)40-37(42-38)27-16-8-3-9-17-27/h3-27H,2H2,1H3;1-24H. The van der Waals surface area contributed by atoms with Crippen LogP contribution < -0.4 is 0 Å². The van der Waals surface area contributed by atoms with Gasteiger partial charge in [-0.2, -0.15) is 0 Å². The van der Waals surface area contributed by atoms with Crippen LogP contribution in [0.15, 0.2) is 297 Å². The van der Waals surface area contributed by atoms with Gasteiger partial charge in [0.2, 0.25) is 0 Å². The van der Waals surface area contributed by atoms with Crippen molar-refractivity contribution in [1.29, 1.82) is 0 Å². The largest absolute Gasteiger partial charge is 0.296 e. The van der Waals surface area contributed by atoms with E-state index in [4.69, 9.17) is 24.9 Å². The minimum Gasteiger partial charge on any atom is -0.296 e. The molecule has 0 aliphatic carbocycles. The normalized spacial score (nSPS) is 11.4. The molecule has 4 aromatic heterocycles. The molecule has 0 saturated carbocycles. The number of pyridine rings is 1. The Kier molecular flexibility index (Phi) is 13.7. The van der Waals surface area contributed by atoms with Crippen molar-refractivity contribution in [3.8, 4) is 95.5 Å². The van der Waals surface area contributed by atoms with Crippen LogP contribution in [0.2, 0.25) is 0 Å². The number of hydrogen-bond acceptors (Lipinski definition) is 6. The van der Waals surface area contributed by atoms with Gasteiger partial charge in [0.15, 0.2) is 17.5 Å². The number of thiophene rings is 1. The third kappa shape index (κ3) is 9.66. The predicted molar refractivity (Wildman–Crippen MR) is 359 cm³/mol. The van der Waals surface area contributed by atoms with Crippen molar-refractivity contribution in [3.05, 3.63) is 303 Å². The van der Waals surface area contributed by atoms with Gasteiger partial charge in [0.25, 0.3) is 0 Å². The zero-order valence-corrected chi connectivity index (χ0v) is 47.9. The molecule has 7 heteroatoms. The number of para-hydroxylation sites is 2. The summed E-state index contributed by atoms with van der Waals surface area (Å²) in [5.41, 5.74) is 19.1. The summed E-state index contributed by atoms with van der Waals surface area (Å²) in [7, 11) is 0. The van der Waals surface area contributed by atoms with E-state index >= 15 is 0 Å². The molecule has 0 radical (unpaired) electrons. The molecule has 16 rings (SSSR count). The molecular formula is C79H54N6S. The minimum absolute atomic E-state index is 0.634. The summed E-state index contributed by atoms with van der Waals surface area (Å²) in [6, 6.07) is 103. The van der Waals surface area contributed by atoms with Crippen molar-refractivity contribution >= 4 is 64.2 Å². The number of hydrogen-bond donors (Lipinski definition) is 0. The van der Waals surface area contributed by atoms with E-state index in [-0.39, 0.29) is 0 Å². The summed E-state index contributed by atoms with van der Waals surface area (Å²) in [6.07, 6.45) is 2.78. The number of benzene rings is 12. The fraction of sp³-hybridized carbons (Fsp3) is 0.0253. The molecule has 6 nitrogen and oxygen atoms in total. The number of aryl methyl sites for hydroxylation is 1. The molecular weight excluding hydrogens is 1060 g/mol. The average molecular weight is 1120 g/mol. The quantitative estimate of drug-likeness (QED) is 0.128. The van der Waals surface area contributed by atoms with Crippen molar-refractivity contribution in [2.24, 2.45) is 0 Å². The van der Waals surface area contributed by atoms with Crippen LogP contribution in [-0.2, 0) is 6.42 Å². The van der Waals surface area contributed by atoms with Gasteiger partial charge >= 0.3 is 0 Å². The minimum atomic E-state index is 0.634. The molecule has 12 aromatic carbocycles. The summed E-state index contributed by atoms with van der Waals surface area (Å²) >= 11 is 1.78. The highest BCUT2D eigenvalue weighted by Gasteiger charge is 2.21. The second kappa shape index (κ2) is 22.6. The van der Waals surface area contributed by atoms with Crippen LogP contribution in [0.5, 0.6) is 0 Å². The number of nitrogens with zero attached hydrogens (tertiary/aromatic N) is 6. The van der Waals surface area contributed by atoms with Crippen molar-refractivity contribution in [2.45, 2.75) is 13.3 Å². The Bertz CT molecular complexity index is 5000. The second-order valence-electron chi connectivity index (χ2n) is 21.3. The summed E-state index contributed by atoms with van der Waals surface area (Å²) in [6.45, 7) is 2.17. The van der Waals surface area contributed by atoms with Gasteiger partial charge in [0, 0.05) is 50.6 Å². The molecule has 0 aliphatic rings. The van der Waals surface area contributed by atoms with Gasteiger partial charge in [-0.15, -0.1) is 11.3 Å². The zero-order chi connectivity index (χ0) is 57.3. The van der Waals surface area contributed by atoms with Crippen molar-refractivity contribution in [2.75, 3.05) is 0 Å². The van der Waals surface area contributed by atoms with Crippen LogP contribution in [0.25, 0.3) is 148 Å². The first-order valence-corrected chi connectivity index (χ1v) is 29.9. The molecule has 0 amide bonds. The number of rotatable bonds is 10. The highest BCUT2D eigenvalue weighted by Crippen LogP contribution is 2.45. The van der Waals surface area contributed by atoms with E-state index in [1.165, 1.54) is 69.7 Å². The number of aromatic nitrogens is 6. The molecule has 0 unspecified atom stereocenters. The van der Waals surface area contributed by atoms with Gasteiger partial charge in [-0.1, -0.05) is 256 Å². The molecule has 86 heavy (non-hydrogen) atoms. The molecule has 0 spiro atoms. The van der Waals surface area contributed by atoms with Crippen LogP contribution in [0.4, 0.5) is 0 Å². The fourth-order valence-electron chi connectivity index (χ4n) is 12.1. The lowest BCUT2D eigenvalue weighted by molar-refractivity contribution is 0.908. The van der Waals surface area contributed by atoms with Crippen LogP contribution in [0.3, 0.4) is 0 Å². The maximum Gasteiger partial charge on any atom is 0.164 e. The molecule has 16 aromatic rings. The first-order valence-electron chi connectivity index (χ1n) is 29.1. The maximum atomic E-state index is 5.09. The lowest BCUT2D eigenvalue weighted by atomic mass is 9.85. The SMILES string of the molecule is CCc1nc2ccccc2n1-c1ccc(-c2c3ccccc3c(-c3ccc(-c4ccccc4)cc3)c3ccccc23)cc1.c1ccc(-c2nc(-c3ccccc3)nc(-c3cc(-c4ccnc5c4sc4ccccc45)ccc3-c3ccccc3)n2)cc1. The van der Waals surface area contributed by atoms with Gasteiger partial charge in [0.05, 0.1) is 21.3 Å². The molecule has 4 heterocycles. The highest BCUT2D eigenvalue weighted by atomic mass is 32.1. The van der Waals surface area contributed by atoms with Crippen molar-refractivity contribution < 1.29 is 0 Å². The van der Waals surface area contributed by atoms with E-state index in [9.17, 15) is 0 Å². The average Bonchev–Trinajstić information content (AvgIpc) is 1.08. The lowest BCUT2D eigenvalue weighted by Crippen LogP contribution is -2.01. The second-order valence-corrected chi connectivity index (χ2v) is 22.4. The molecule has 0 fully saturated rings. The lowest BCUT2D eigenvalue weighted by Gasteiger charge is -2.18. The Morgan fingerprint density at radius 3 is 1.37 bits per heavy atom. The smallest absolute Gasteiger partial charge is 0.164 e. The van der Waals surface area contributed by atoms with Crippen LogP contribution in [0.1, 0.15) is 12.7 Å². The van der Waals surface area contributed by atoms with Crippen LogP contribution in [-0.4, -0.2) is 29.5 Å². The van der Waals surface area contributed by atoms with Gasteiger partial charge in [-0.25, -0.2) is 19.9 Å². The molecule has 0 saturated heterocycles. The van der Waals surface area contributed by atoms with E-state index in [0.717, 1.165) is 73.4 Å². The Balaban J connectivity index is 0.000000145. The van der Waals surface area contributed by atoms with Crippen molar-refractivity contribution in [1.82, 2.24) is 29.5 Å². The van der Waals surface area contributed by atoms with Gasteiger partial charge in [0.1, 0.15) is 5.82 Å². The zero-order valence-electron chi connectivity index (χ0n) is 47.1. The first kappa shape index (κ1) is 51.9. The van der Waals surface area contributed by atoms with E-state index in [1.54, 1.807) is 11.3 Å². The number of fused-ring (bicyclic) bond motifs is 6. The van der Waals surface area contributed by atoms with E-state index in [1.807, 2.05) is 72.9 Å². The Labute approximate surface area is 502 Å². The van der Waals surface area contributed by atoms with E-state index < -0.39 is 0 Å². The van der Waals surface area contributed by atoms with Gasteiger partial charge in [-0.3, -0.25) is 9.55 Å². The number of imidazole rings is 1. The molecule has 0 N–H and O–H groups in total. The first-order chi connectivity index (χ1) is 42.6. The van der Waals surface area contributed by atoms with E-state index in [0.29, 0.717) is 17.5 Å². The Morgan fingerprint density at radius 1 is 0.337 bits per heavy atom. The summed E-state index contributed by atoms with van der Waals surface area (Å²) < 4.78 is 4.70. The molecule has 406 valence electrons. The van der Waals surface area contributed by atoms with Crippen LogP contribution >= 0.6 is 11.3 Å². The van der Waals surface area contributed by atoms with E-state index in [2.05, 4.69) is 236 Å².